The number of benzene rings is 1. The highest BCUT2D eigenvalue weighted by Crippen LogP contribution is 2.21. The number of carbonyl (C=O) groups is 3. The van der Waals surface area contributed by atoms with Crippen LogP contribution in [0.5, 0.6) is 5.75 Å². The van der Waals surface area contributed by atoms with E-state index in [1.165, 1.54) is 0 Å². The Bertz CT molecular complexity index is 633. The number of halogens is 1. The largest absolute Gasteiger partial charge is 0.484 e. The van der Waals surface area contributed by atoms with Crippen molar-refractivity contribution in [3.63, 3.8) is 0 Å². The lowest BCUT2D eigenvalue weighted by atomic mass is 10.0. The van der Waals surface area contributed by atoms with E-state index in [4.69, 9.17) is 21.4 Å². The number of amides is 2. The van der Waals surface area contributed by atoms with E-state index in [0.29, 0.717) is 17.2 Å². The van der Waals surface area contributed by atoms with Gasteiger partial charge in [-0.05, 0) is 43.0 Å². The minimum absolute atomic E-state index is 0.118. The van der Waals surface area contributed by atoms with Gasteiger partial charge in [-0.25, -0.2) is 4.79 Å². The van der Waals surface area contributed by atoms with Crippen LogP contribution in [0.3, 0.4) is 0 Å². The third kappa shape index (κ3) is 7.89. The number of rotatable bonds is 9. The predicted octanol–water partition coefficient (Wildman–Crippen LogP) is 1.76. The second-order valence-corrected chi connectivity index (χ2v) is 6.50. The number of hydrogen-bond donors (Lipinski definition) is 3. The Morgan fingerprint density at radius 1 is 1.24 bits per heavy atom. The maximum atomic E-state index is 11.8. The molecule has 138 valence electrons. The first-order valence-corrected chi connectivity index (χ1v) is 8.24. The molecule has 0 unspecified atom stereocenters. The van der Waals surface area contributed by atoms with Gasteiger partial charge < -0.3 is 20.5 Å². The zero-order valence-electron chi connectivity index (χ0n) is 14.5. The van der Waals surface area contributed by atoms with Gasteiger partial charge in [0.1, 0.15) is 11.8 Å². The number of carboxylic acids is 1. The molecule has 1 atom stereocenters. The lowest BCUT2D eigenvalue weighted by Gasteiger charge is -2.16. The predicted molar refractivity (Wildman–Crippen MR) is 93.7 cm³/mol. The summed E-state index contributed by atoms with van der Waals surface area (Å²) in [6.45, 7) is 4.95. The molecule has 7 nitrogen and oxygen atoms in total. The van der Waals surface area contributed by atoms with Gasteiger partial charge >= 0.3 is 5.97 Å². The Morgan fingerprint density at radius 3 is 2.48 bits per heavy atom. The van der Waals surface area contributed by atoms with Crippen molar-refractivity contribution in [3.05, 3.63) is 28.8 Å². The molecule has 0 saturated carbocycles. The highest BCUT2D eigenvalue weighted by Gasteiger charge is 2.21. The number of hydrogen-bond acceptors (Lipinski definition) is 4. The van der Waals surface area contributed by atoms with Crippen LogP contribution in [-0.4, -0.2) is 42.1 Å². The summed E-state index contributed by atoms with van der Waals surface area (Å²) in [5.41, 5.74) is 0.788. The van der Waals surface area contributed by atoms with Gasteiger partial charge in [0.25, 0.3) is 5.91 Å². The third-order valence-electron chi connectivity index (χ3n) is 3.28. The summed E-state index contributed by atoms with van der Waals surface area (Å²) in [6.07, 6.45) is 0.313. The van der Waals surface area contributed by atoms with E-state index in [2.05, 4.69) is 10.6 Å². The molecule has 0 spiro atoms. The maximum absolute atomic E-state index is 11.8. The van der Waals surface area contributed by atoms with Gasteiger partial charge in [-0.3, -0.25) is 9.59 Å². The van der Waals surface area contributed by atoms with Gasteiger partial charge in [-0.15, -0.1) is 0 Å². The van der Waals surface area contributed by atoms with Crippen LogP contribution >= 0.6 is 11.6 Å². The molecule has 0 radical (unpaired) electrons. The highest BCUT2D eigenvalue weighted by molar-refractivity contribution is 6.30. The molecule has 0 aliphatic heterocycles. The van der Waals surface area contributed by atoms with Gasteiger partial charge in [0.2, 0.25) is 5.91 Å². The zero-order valence-corrected chi connectivity index (χ0v) is 15.2. The first-order chi connectivity index (χ1) is 11.7. The van der Waals surface area contributed by atoms with Crippen LogP contribution in [0.2, 0.25) is 5.02 Å². The molecule has 0 heterocycles. The molecular weight excluding hydrogens is 348 g/mol. The molecule has 0 aliphatic rings. The monoisotopic (exact) mass is 370 g/mol. The molecule has 0 aliphatic carbocycles. The van der Waals surface area contributed by atoms with Crippen LogP contribution in [0.15, 0.2) is 18.2 Å². The fourth-order valence-electron chi connectivity index (χ4n) is 2.09. The summed E-state index contributed by atoms with van der Waals surface area (Å²) < 4.78 is 5.36. The molecule has 25 heavy (non-hydrogen) atoms. The van der Waals surface area contributed by atoms with Crippen molar-refractivity contribution in [2.24, 2.45) is 5.92 Å². The average molecular weight is 371 g/mol. The molecule has 1 aromatic carbocycles. The molecule has 1 rings (SSSR count). The fraction of sp³-hybridized carbons (Fsp3) is 0.471. The summed E-state index contributed by atoms with van der Waals surface area (Å²) in [6, 6.07) is 4.04. The highest BCUT2D eigenvalue weighted by atomic mass is 35.5. The zero-order chi connectivity index (χ0) is 19.0. The van der Waals surface area contributed by atoms with E-state index < -0.39 is 23.8 Å². The number of aryl methyl sites for hydroxylation is 1. The van der Waals surface area contributed by atoms with Crippen molar-refractivity contribution in [2.45, 2.75) is 33.2 Å². The van der Waals surface area contributed by atoms with Gasteiger partial charge in [0, 0.05) is 5.02 Å². The van der Waals surface area contributed by atoms with Crippen LogP contribution in [0, 0.1) is 12.8 Å². The summed E-state index contributed by atoms with van der Waals surface area (Å²) >= 11 is 5.84. The Morgan fingerprint density at radius 2 is 1.92 bits per heavy atom. The van der Waals surface area contributed by atoms with E-state index >= 15 is 0 Å². The van der Waals surface area contributed by atoms with Crippen LogP contribution in [0.1, 0.15) is 25.8 Å². The molecule has 3 N–H and O–H groups in total. The smallest absolute Gasteiger partial charge is 0.326 e. The Balaban J connectivity index is 2.39. The van der Waals surface area contributed by atoms with Crippen molar-refractivity contribution in [1.29, 1.82) is 0 Å². The van der Waals surface area contributed by atoms with Crippen molar-refractivity contribution >= 4 is 29.4 Å². The standard InChI is InChI=1S/C17H23ClN2O5/c1-10(2)6-13(17(23)24)20-15(21)8-19-16(22)9-25-14-5-4-12(18)7-11(14)3/h4-5,7,10,13H,6,8-9H2,1-3H3,(H,19,22)(H,20,21)(H,23,24)/t13-/m0/s1. The summed E-state index contributed by atoms with van der Waals surface area (Å²) in [4.78, 5) is 34.6. The van der Waals surface area contributed by atoms with Crippen molar-refractivity contribution in [1.82, 2.24) is 10.6 Å². The second-order valence-electron chi connectivity index (χ2n) is 6.06. The minimum atomic E-state index is -1.10. The number of nitrogens with one attached hydrogen (secondary N) is 2. The summed E-state index contributed by atoms with van der Waals surface area (Å²) in [7, 11) is 0. The molecule has 8 heteroatoms. The maximum Gasteiger partial charge on any atom is 0.326 e. The Labute approximate surface area is 151 Å². The lowest BCUT2D eigenvalue weighted by molar-refractivity contribution is -0.142. The molecule has 0 bridgehead atoms. The number of carbonyl (C=O) groups excluding carboxylic acids is 2. The van der Waals surface area contributed by atoms with E-state index in [9.17, 15) is 14.4 Å². The number of aliphatic carboxylic acids is 1. The molecule has 0 aromatic heterocycles. The van der Waals surface area contributed by atoms with E-state index in [1.54, 1.807) is 25.1 Å². The fourth-order valence-corrected chi connectivity index (χ4v) is 2.31. The van der Waals surface area contributed by atoms with E-state index in [1.807, 2.05) is 13.8 Å². The van der Waals surface area contributed by atoms with Crippen LogP contribution in [0.4, 0.5) is 0 Å². The van der Waals surface area contributed by atoms with Gasteiger partial charge in [0.15, 0.2) is 6.61 Å². The molecule has 0 fully saturated rings. The van der Waals surface area contributed by atoms with Crippen LogP contribution in [0.25, 0.3) is 0 Å². The summed E-state index contributed by atoms with van der Waals surface area (Å²) in [5.74, 6) is -1.52. The lowest BCUT2D eigenvalue weighted by Crippen LogP contribution is -2.46. The molecular formula is C17H23ClN2O5. The van der Waals surface area contributed by atoms with Crippen molar-refractivity contribution in [3.8, 4) is 5.75 Å². The first-order valence-electron chi connectivity index (χ1n) is 7.87. The SMILES string of the molecule is Cc1cc(Cl)ccc1OCC(=O)NCC(=O)N[C@@H](CC(C)C)C(=O)O. The second kappa shape index (κ2) is 9.88. The topological polar surface area (TPSA) is 105 Å². The van der Waals surface area contributed by atoms with Gasteiger partial charge in [-0.1, -0.05) is 25.4 Å². The molecule has 1 aromatic rings. The van der Waals surface area contributed by atoms with Crippen molar-refractivity contribution in [2.75, 3.05) is 13.2 Å². The molecule has 2 amide bonds. The van der Waals surface area contributed by atoms with Gasteiger partial charge in [-0.2, -0.15) is 0 Å². The summed E-state index contributed by atoms with van der Waals surface area (Å²) in [5, 5.41) is 14.4. The minimum Gasteiger partial charge on any atom is -0.484 e. The third-order valence-corrected chi connectivity index (χ3v) is 3.52. The van der Waals surface area contributed by atoms with Gasteiger partial charge in [0.05, 0.1) is 6.54 Å². The number of carboxylic acid groups (broad SMARTS) is 1. The van der Waals surface area contributed by atoms with Crippen LogP contribution in [-0.2, 0) is 14.4 Å². The number of ether oxygens (including phenoxy) is 1. The van der Waals surface area contributed by atoms with Crippen LogP contribution < -0.4 is 15.4 Å². The first kappa shape index (κ1) is 20.8. The quantitative estimate of drug-likeness (QED) is 0.614. The van der Waals surface area contributed by atoms with E-state index in [0.717, 1.165) is 5.56 Å². The Kier molecular flexibility index (Phi) is 8.21. The normalized spacial score (nSPS) is 11.7. The van der Waals surface area contributed by atoms with Crippen molar-refractivity contribution < 1.29 is 24.2 Å². The Hall–Kier alpha value is -2.28. The average Bonchev–Trinajstić information content (AvgIpc) is 2.51. The molecule has 0 saturated heterocycles. The van der Waals surface area contributed by atoms with E-state index in [-0.39, 0.29) is 19.1 Å².